The molecular formula is C16H44O5Si7. The van der Waals surface area contributed by atoms with Gasteiger partial charge in [-0.05, 0) is 13.3 Å². The number of carbonyl (C=O) groups is 1. The molecule has 0 aliphatic heterocycles. The van der Waals surface area contributed by atoms with Gasteiger partial charge >= 0.3 is 14.8 Å². The van der Waals surface area contributed by atoms with E-state index >= 15 is 0 Å². The van der Waals surface area contributed by atoms with Crippen molar-refractivity contribution in [2.75, 3.05) is 6.61 Å². The summed E-state index contributed by atoms with van der Waals surface area (Å²) in [5.41, 5.74) is 0.440. The summed E-state index contributed by atoms with van der Waals surface area (Å²) in [4.78, 5) is 11.7. The van der Waals surface area contributed by atoms with E-state index in [-0.39, 0.29) is 5.97 Å². The van der Waals surface area contributed by atoms with Crippen LogP contribution < -0.4 is 0 Å². The van der Waals surface area contributed by atoms with Gasteiger partial charge in [0.2, 0.25) is 0 Å². The van der Waals surface area contributed by atoms with Crippen LogP contribution in [0.1, 0.15) is 13.3 Å². The van der Waals surface area contributed by atoms with E-state index in [1.165, 1.54) is 0 Å². The van der Waals surface area contributed by atoms with Crippen molar-refractivity contribution < 1.29 is 21.9 Å². The van der Waals surface area contributed by atoms with E-state index in [4.69, 9.17) is 17.1 Å². The van der Waals surface area contributed by atoms with E-state index in [1.54, 1.807) is 6.92 Å². The summed E-state index contributed by atoms with van der Waals surface area (Å²) in [6, 6.07) is 0.781. The molecule has 0 fully saturated rings. The molecule has 0 rings (SSSR count). The van der Waals surface area contributed by atoms with Gasteiger partial charge in [-0.15, -0.1) is 0 Å². The quantitative estimate of drug-likeness (QED) is 0.155. The average Bonchev–Trinajstić information content (AvgIpc) is 2.49. The minimum Gasteiger partial charge on any atom is -0.462 e. The molecular weight excluding hydrogens is 469 g/mol. The molecule has 0 atom stereocenters. The van der Waals surface area contributed by atoms with E-state index < -0.39 is 59.4 Å². The first-order valence-corrected chi connectivity index (χ1v) is 31.3. The van der Waals surface area contributed by atoms with Crippen molar-refractivity contribution in [2.45, 2.75) is 78.3 Å². The smallest absolute Gasteiger partial charge is 0.462 e. The minimum atomic E-state index is -2.65. The summed E-state index contributed by atoms with van der Waals surface area (Å²) in [5, 5.41) is 0. The summed E-state index contributed by atoms with van der Waals surface area (Å²) in [7, 11) is -8.32. The first-order valence-electron chi connectivity index (χ1n) is 10.2. The average molecular weight is 513 g/mol. The molecule has 0 aliphatic carbocycles. The molecule has 0 amide bonds. The Hall–Kier alpha value is 0.608. The molecule has 0 aromatic carbocycles. The third-order valence-electron chi connectivity index (χ3n) is 3.38. The lowest BCUT2D eigenvalue weighted by Gasteiger charge is -2.36. The van der Waals surface area contributed by atoms with Crippen molar-refractivity contribution >= 4 is 65.4 Å². The zero-order valence-corrected chi connectivity index (χ0v) is 28.2. The van der Waals surface area contributed by atoms with Gasteiger partial charge in [0.15, 0.2) is 0 Å². The first kappa shape index (κ1) is 28.6. The maximum atomic E-state index is 11.7. The lowest BCUT2D eigenvalue weighted by atomic mass is 10.4. The van der Waals surface area contributed by atoms with E-state index in [9.17, 15) is 4.79 Å². The zero-order valence-electron chi connectivity index (χ0n) is 20.0. The highest BCUT2D eigenvalue weighted by Gasteiger charge is 2.43. The van der Waals surface area contributed by atoms with Gasteiger partial charge in [-0.25, -0.2) is 4.79 Å². The third kappa shape index (κ3) is 15.4. The van der Waals surface area contributed by atoms with Crippen molar-refractivity contribution in [3.63, 3.8) is 0 Å². The molecule has 28 heavy (non-hydrogen) atoms. The summed E-state index contributed by atoms with van der Waals surface area (Å²) >= 11 is 0. The maximum Gasteiger partial charge on any atom is 0.467 e. The summed E-state index contributed by atoms with van der Waals surface area (Å²) in [6.07, 6.45) is 0.742. The second-order valence-electron chi connectivity index (χ2n) is 11.3. The number of rotatable bonds is 14. The molecule has 0 N–H and O–H groups in total. The molecule has 0 spiro atoms. The molecule has 0 bridgehead atoms. The monoisotopic (exact) mass is 512 g/mol. The molecule has 0 saturated carbocycles. The predicted octanol–water partition coefficient (Wildman–Crippen LogP) is 2.24. The van der Waals surface area contributed by atoms with Crippen molar-refractivity contribution in [3.8, 4) is 0 Å². The second kappa shape index (κ2) is 11.9. The Balaban J connectivity index is 5.28. The van der Waals surface area contributed by atoms with Crippen LogP contribution in [0.4, 0.5) is 0 Å². The van der Waals surface area contributed by atoms with Gasteiger partial charge in [0, 0.05) is 11.6 Å². The molecule has 0 radical (unpaired) electrons. The van der Waals surface area contributed by atoms with Gasteiger partial charge in [0.05, 0.1) is 29.4 Å². The molecule has 5 nitrogen and oxygen atoms in total. The van der Waals surface area contributed by atoms with Gasteiger partial charge < -0.3 is 17.1 Å². The molecule has 0 heterocycles. The van der Waals surface area contributed by atoms with E-state index in [1.807, 2.05) is 0 Å². The van der Waals surface area contributed by atoms with Crippen molar-refractivity contribution in [1.82, 2.24) is 0 Å². The zero-order chi connectivity index (χ0) is 22.2. The van der Waals surface area contributed by atoms with Gasteiger partial charge in [0.25, 0.3) is 0 Å². The SMILES string of the molecule is C=C(C)C(=O)OCCC[Si](O[SiH2][Si](C)(C)C)(O[SiH2][Si](C)(C)C)O[SiH2][Si](C)(C)C. The standard InChI is InChI=1S/C16H44O5Si7/c1-15(2)16(17)18-13-12-14-28(19-22-25(3,4)5,20-23-26(6,7)8)21-24-27(9,10)11/h1,12-14,22-24H2,2-11H3. The van der Waals surface area contributed by atoms with E-state index in [0.29, 0.717) is 12.2 Å². The Morgan fingerprint density at radius 1 is 0.786 bits per heavy atom. The molecule has 0 aliphatic rings. The van der Waals surface area contributed by atoms with Crippen LogP contribution in [0, 0.1) is 0 Å². The molecule has 12 heteroatoms. The summed E-state index contributed by atoms with van der Waals surface area (Å²) < 4.78 is 25.4. The Kier molecular flexibility index (Phi) is 12.1. The number of hydrogen-bond donors (Lipinski definition) is 0. The van der Waals surface area contributed by atoms with Crippen LogP contribution in [0.15, 0.2) is 12.2 Å². The Labute approximate surface area is 183 Å². The van der Waals surface area contributed by atoms with Crippen LogP contribution in [0.25, 0.3) is 0 Å². The Bertz CT molecular complexity index is 463. The van der Waals surface area contributed by atoms with E-state index in [2.05, 4.69) is 65.5 Å². The van der Waals surface area contributed by atoms with Crippen LogP contribution in [0.2, 0.25) is 65.0 Å². The topological polar surface area (TPSA) is 54.0 Å². The third-order valence-corrected chi connectivity index (χ3v) is 25.6. The van der Waals surface area contributed by atoms with Crippen LogP contribution in [-0.4, -0.2) is 72.0 Å². The number of ether oxygens (including phenoxy) is 1. The van der Waals surface area contributed by atoms with Gasteiger partial charge in [-0.3, -0.25) is 0 Å². The first-order chi connectivity index (χ1) is 12.4. The lowest BCUT2D eigenvalue weighted by molar-refractivity contribution is -0.138. The minimum absolute atomic E-state index is 0.320. The van der Waals surface area contributed by atoms with Crippen molar-refractivity contribution in [1.29, 1.82) is 0 Å². The maximum absolute atomic E-state index is 11.7. The van der Waals surface area contributed by atoms with Crippen LogP contribution in [0.5, 0.6) is 0 Å². The van der Waals surface area contributed by atoms with Crippen LogP contribution >= 0.6 is 0 Å². The summed E-state index contributed by atoms with van der Waals surface area (Å²) in [6.45, 7) is 27.1. The highest BCUT2D eigenvalue weighted by atomic mass is 29.2. The number of hydrogen-bond acceptors (Lipinski definition) is 5. The number of esters is 1. The van der Waals surface area contributed by atoms with Crippen molar-refractivity contribution in [3.05, 3.63) is 12.2 Å². The molecule has 0 aromatic heterocycles. The molecule has 166 valence electrons. The van der Waals surface area contributed by atoms with Gasteiger partial charge in [-0.1, -0.05) is 65.5 Å². The van der Waals surface area contributed by atoms with Gasteiger partial charge in [-0.2, -0.15) is 0 Å². The van der Waals surface area contributed by atoms with Gasteiger partial charge in [0.1, 0.15) is 27.8 Å². The second-order valence-corrected chi connectivity index (χ2v) is 54.5. The van der Waals surface area contributed by atoms with E-state index in [0.717, 1.165) is 12.5 Å². The van der Waals surface area contributed by atoms with Crippen LogP contribution in [0.3, 0.4) is 0 Å². The fourth-order valence-corrected chi connectivity index (χ4v) is 32.9. The highest BCUT2D eigenvalue weighted by Crippen LogP contribution is 2.21. The van der Waals surface area contributed by atoms with Crippen LogP contribution in [-0.2, 0) is 21.9 Å². The summed E-state index contributed by atoms with van der Waals surface area (Å²) in [5.74, 6) is -0.320. The lowest BCUT2D eigenvalue weighted by Crippen LogP contribution is -2.56. The highest BCUT2D eigenvalue weighted by molar-refractivity contribution is 7.25. The normalized spacial score (nSPS) is 16.5. The van der Waals surface area contributed by atoms with Crippen molar-refractivity contribution in [2.24, 2.45) is 0 Å². The molecule has 0 saturated heterocycles. The fourth-order valence-electron chi connectivity index (χ4n) is 1.90. The Morgan fingerprint density at radius 3 is 1.43 bits per heavy atom. The predicted molar refractivity (Wildman–Crippen MR) is 140 cm³/mol. The molecule has 0 aromatic rings. The molecule has 0 unspecified atom stereocenters. The number of carbonyl (C=O) groups excluding carboxylic acids is 1. The fraction of sp³-hybridized carbons (Fsp3) is 0.812. The Morgan fingerprint density at radius 2 is 1.14 bits per heavy atom. The largest absolute Gasteiger partial charge is 0.467 e.